The molecule has 0 saturated carbocycles. The number of aliphatic hydroxyl groups is 4. The van der Waals surface area contributed by atoms with Gasteiger partial charge in [0.25, 0.3) is 0 Å². The zero-order valence-electron chi connectivity index (χ0n) is 12.3. The van der Waals surface area contributed by atoms with Crippen LogP contribution in [0.4, 0.5) is 0 Å². The van der Waals surface area contributed by atoms with E-state index < -0.39 is 43.6 Å². The van der Waals surface area contributed by atoms with Crippen LogP contribution in [0.3, 0.4) is 0 Å². The van der Waals surface area contributed by atoms with Crippen molar-refractivity contribution >= 4 is 0 Å². The van der Waals surface area contributed by atoms with Crippen molar-refractivity contribution in [1.82, 2.24) is 0 Å². The highest BCUT2D eigenvalue weighted by Gasteiger charge is 2.47. The summed E-state index contributed by atoms with van der Waals surface area (Å²) in [7, 11) is 0. The van der Waals surface area contributed by atoms with Crippen LogP contribution in [-0.4, -0.2) is 64.0 Å². The molecular formula is C15H22O7. The monoisotopic (exact) mass is 314 g/mol. The molecule has 0 unspecified atom stereocenters. The van der Waals surface area contributed by atoms with Gasteiger partial charge in [0.15, 0.2) is 6.29 Å². The molecule has 3 rings (SSSR count). The Labute approximate surface area is 128 Å². The van der Waals surface area contributed by atoms with Crippen molar-refractivity contribution in [2.45, 2.75) is 50.3 Å². The molecule has 2 heterocycles. The average Bonchev–Trinajstić information content (AvgIpc) is 2.90. The summed E-state index contributed by atoms with van der Waals surface area (Å²) in [6, 6.07) is 0. The Morgan fingerprint density at radius 3 is 2.68 bits per heavy atom. The average molecular weight is 314 g/mol. The summed E-state index contributed by atoms with van der Waals surface area (Å²) in [6.45, 7) is 1.51. The normalized spacial score (nSPS) is 47.8. The Kier molecular flexibility index (Phi) is 4.54. The van der Waals surface area contributed by atoms with E-state index in [0.717, 1.165) is 12.0 Å². The predicted octanol–water partition coefficient (Wildman–Crippen LogP) is -0.745. The fourth-order valence-corrected chi connectivity index (χ4v) is 3.29. The first-order chi connectivity index (χ1) is 10.5. The van der Waals surface area contributed by atoms with Crippen LogP contribution in [0, 0.1) is 11.8 Å². The summed E-state index contributed by atoms with van der Waals surface area (Å²) < 4.78 is 16.6. The molecular weight excluding hydrogens is 292 g/mol. The lowest BCUT2D eigenvalue weighted by atomic mass is 9.89. The van der Waals surface area contributed by atoms with Gasteiger partial charge in [0, 0.05) is 5.92 Å². The maximum Gasteiger partial charge on any atom is 0.208 e. The molecule has 4 N–H and O–H groups in total. The second-order valence-corrected chi connectivity index (χ2v) is 6.04. The summed E-state index contributed by atoms with van der Waals surface area (Å²) in [6.07, 6.45) is -0.499. The molecule has 1 fully saturated rings. The van der Waals surface area contributed by atoms with E-state index in [2.05, 4.69) is 6.08 Å². The van der Waals surface area contributed by atoms with Crippen molar-refractivity contribution in [3.63, 3.8) is 0 Å². The van der Waals surface area contributed by atoms with Gasteiger partial charge in [-0.1, -0.05) is 11.6 Å². The number of ether oxygens (including phenoxy) is 3. The van der Waals surface area contributed by atoms with E-state index in [1.54, 1.807) is 6.26 Å². The third kappa shape index (κ3) is 2.68. The second kappa shape index (κ2) is 6.27. The van der Waals surface area contributed by atoms with Gasteiger partial charge in [0.05, 0.1) is 12.9 Å². The number of allylic oxidation sites excluding steroid dienone is 2. The Morgan fingerprint density at radius 1 is 1.18 bits per heavy atom. The minimum atomic E-state index is -1.45. The number of aliphatic hydroxyl groups excluding tert-OH is 4. The highest BCUT2D eigenvalue weighted by Crippen LogP contribution is 2.40. The molecule has 0 aromatic rings. The third-order valence-electron chi connectivity index (χ3n) is 4.65. The third-order valence-corrected chi connectivity index (χ3v) is 4.65. The van der Waals surface area contributed by atoms with Gasteiger partial charge in [-0.05, 0) is 25.3 Å². The van der Waals surface area contributed by atoms with E-state index in [9.17, 15) is 20.4 Å². The minimum Gasteiger partial charge on any atom is -0.472 e. The summed E-state index contributed by atoms with van der Waals surface area (Å²) >= 11 is 0. The lowest BCUT2D eigenvalue weighted by molar-refractivity contribution is -0.339. The zero-order valence-corrected chi connectivity index (χ0v) is 12.3. The Balaban J connectivity index is 1.71. The van der Waals surface area contributed by atoms with E-state index in [4.69, 9.17) is 14.2 Å². The summed E-state index contributed by atoms with van der Waals surface area (Å²) in [5.74, 6) is 0.306. The predicted molar refractivity (Wildman–Crippen MR) is 74.2 cm³/mol. The number of rotatable bonds is 3. The Hall–Kier alpha value is -0.960. The van der Waals surface area contributed by atoms with Gasteiger partial charge in [0.2, 0.25) is 6.29 Å². The highest BCUT2D eigenvalue weighted by atomic mass is 16.8. The molecule has 0 aromatic carbocycles. The molecule has 1 saturated heterocycles. The molecule has 2 aliphatic heterocycles. The molecule has 22 heavy (non-hydrogen) atoms. The van der Waals surface area contributed by atoms with Crippen molar-refractivity contribution in [2.75, 3.05) is 6.61 Å². The first kappa shape index (κ1) is 15.9. The topological polar surface area (TPSA) is 109 Å². The fourth-order valence-electron chi connectivity index (χ4n) is 3.29. The lowest BCUT2D eigenvalue weighted by Crippen LogP contribution is -2.60. The summed E-state index contributed by atoms with van der Waals surface area (Å²) in [5.41, 5.74) is 1.14. The minimum absolute atomic E-state index is 0.0253. The standard InChI is InChI=1S/C15H22O7/c1-7-2-3-8-4-5-20-14(10(7)8)22-15-13(19)12(18)11(17)9(6-16)21-15/h2,4-5,8-19H,3,6H2,1H3/t8-,9-,10-,11-,12+,13-,14+,15+/m1/s1. The van der Waals surface area contributed by atoms with Crippen LogP contribution >= 0.6 is 0 Å². The van der Waals surface area contributed by atoms with Gasteiger partial charge in [-0.15, -0.1) is 0 Å². The maximum absolute atomic E-state index is 10.0. The first-order valence-electron chi connectivity index (χ1n) is 7.47. The van der Waals surface area contributed by atoms with E-state index >= 15 is 0 Å². The van der Waals surface area contributed by atoms with E-state index in [-0.39, 0.29) is 11.8 Å². The van der Waals surface area contributed by atoms with Crippen molar-refractivity contribution in [1.29, 1.82) is 0 Å². The number of hydrogen-bond donors (Lipinski definition) is 4. The molecule has 7 heteroatoms. The summed E-state index contributed by atoms with van der Waals surface area (Å²) in [5, 5.41) is 38.8. The van der Waals surface area contributed by atoms with Crippen LogP contribution in [-0.2, 0) is 14.2 Å². The van der Waals surface area contributed by atoms with Crippen LogP contribution in [0.2, 0.25) is 0 Å². The molecule has 124 valence electrons. The van der Waals surface area contributed by atoms with Gasteiger partial charge in [0.1, 0.15) is 24.4 Å². The largest absolute Gasteiger partial charge is 0.472 e. The number of hydrogen-bond acceptors (Lipinski definition) is 7. The molecule has 7 nitrogen and oxygen atoms in total. The molecule has 0 bridgehead atoms. The van der Waals surface area contributed by atoms with Crippen molar-refractivity contribution in [3.8, 4) is 0 Å². The van der Waals surface area contributed by atoms with Crippen LogP contribution in [0.1, 0.15) is 13.3 Å². The molecule has 0 aromatic heterocycles. The van der Waals surface area contributed by atoms with Gasteiger partial charge in [-0.25, -0.2) is 0 Å². The second-order valence-electron chi connectivity index (χ2n) is 6.04. The first-order valence-corrected chi connectivity index (χ1v) is 7.47. The van der Waals surface area contributed by atoms with Crippen molar-refractivity contribution in [3.05, 3.63) is 24.0 Å². The van der Waals surface area contributed by atoms with E-state index in [0.29, 0.717) is 0 Å². The van der Waals surface area contributed by atoms with Crippen molar-refractivity contribution < 1.29 is 34.6 Å². The van der Waals surface area contributed by atoms with Crippen molar-refractivity contribution in [2.24, 2.45) is 11.8 Å². The molecule has 0 radical (unpaired) electrons. The fraction of sp³-hybridized carbons (Fsp3) is 0.733. The Bertz CT molecular complexity index is 461. The van der Waals surface area contributed by atoms with Crippen LogP contribution in [0.5, 0.6) is 0 Å². The van der Waals surface area contributed by atoms with E-state index in [1.807, 2.05) is 13.0 Å². The van der Waals surface area contributed by atoms with Gasteiger partial charge in [-0.3, -0.25) is 0 Å². The van der Waals surface area contributed by atoms with E-state index in [1.165, 1.54) is 0 Å². The van der Waals surface area contributed by atoms with Gasteiger partial charge >= 0.3 is 0 Å². The summed E-state index contributed by atoms with van der Waals surface area (Å²) in [4.78, 5) is 0. The van der Waals surface area contributed by atoms with Crippen LogP contribution < -0.4 is 0 Å². The Morgan fingerprint density at radius 2 is 1.95 bits per heavy atom. The highest BCUT2D eigenvalue weighted by molar-refractivity contribution is 5.19. The quantitative estimate of drug-likeness (QED) is 0.508. The molecule has 0 spiro atoms. The molecule has 3 aliphatic rings. The zero-order chi connectivity index (χ0) is 15.9. The maximum atomic E-state index is 10.0. The van der Waals surface area contributed by atoms with Gasteiger partial charge in [-0.2, -0.15) is 0 Å². The molecule has 8 atom stereocenters. The smallest absolute Gasteiger partial charge is 0.208 e. The number of fused-ring (bicyclic) bond motifs is 1. The van der Waals surface area contributed by atoms with Crippen LogP contribution in [0.25, 0.3) is 0 Å². The van der Waals surface area contributed by atoms with Gasteiger partial charge < -0.3 is 34.6 Å². The molecule has 1 aliphatic carbocycles. The molecule has 0 amide bonds. The SMILES string of the molecule is CC1=CC[C@@H]2C=CO[C@@H](O[C@@H]3O[C@H](CO)[C@@H](O)[C@H](O)[C@H]3O)[C@H]12. The lowest BCUT2D eigenvalue weighted by Gasteiger charge is -2.42. The van der Waals surface area contributed by atoms with Crippen LogP contribution in [0.15, 0.2) is 24.0 Å².